The summed E-state index contributed by atoms with van der Waals surface area (Å²) in [5.74, 6) is 0.729. The standard InChI is InChI=1S/C30H48O5/c1-25(2)21(33)10-12-27(5)20-15-18(31)23-17(30(8)14-11-22(35-30)26(3,4)34)9-13-28(23,6)29(20,7)16-19(32)24(25)27/h17,19-20,22-24,32,34H,9-16H2,1-8H3/t17-,19-,20+,22+,23-,24+,27+,28+,29+,30-/m0/s1. The fraction of sp³-hybridized carbons (Fsp3) is 0.933. The summed E-state index contributed by atoms with van der Waals surface area (Å²) in [6.45, 7) is 16.8. The Morgan fingerprint density at radius 2 is 1.60 bits per heavy atom. The first-order valence-electron chi connectivity index (χ1n) is 14.1. The molecule has 0 bridgehead atoms. The number of fused-ring (bicyclic) bond motifs is 5. The normalized spacial score (nSPS) is 53.8. The van der Waals surface area contributed by atoms with Crippen molar-refractivity contribution in [3.8, 4) is 0 Å². The largest absolute Gasteiger partial charge is 0.393 e. The molecule has 5 nitrogen and oxygen atoms in total. The molecule has 5 heteroatoms. The second-order valence-corrected chi connectivity index (χ2v) is 15.2. The average molecular weight is 489 g/mol. The fourth-order valence-corrected chi connectivity index (χ4v) is 10.7. The van der Waals surface area contributed by atoms with Gasteiger partial charge in [-0.15, -0.1) is 0 Å². The Kier molecular flexibility index (Phi) is 5.47. The van der Waals surface area contributed by atoms with Crippen molar-refractivity contribution < 1.29 is 24.5 Å². The number of ether oxygens (including phenoxy) is 1. The number of hydrogen-bond acceptors (Lipinski definition) is 5. The van der Waals surface area contributed by atoms with E-state index in [-0.39, 0.29) is 51.8 Å². The van der Waals surface area contributed by atoms with Crippen LogP contribution in [0.25, 0.3) is 0 Å². The molecule has 0 aromatic rings. The van der Waals surface area contributed by atoms with E-state index in [1.807, 2.05) is 27.7 Å². The van der Waals surface area contributed by atoms with Gasteiger partial charge in [0.1, 0.15) is 11.6 Å². The van der Waals surface area contributed by atoms with Gasteiger partial charge in [0, 0.05) is 30.1 Å². The Morgan fingerprint density at radius 1 is 0.943 bits per heavy atom. The van der Waals surface area contributed by atoms with Gasteiger partial charge in [-0.05, 0) is 87.4 Å². The highest BCUT2D eigenvalue weighted by Gasteiger charge is 2.73. The van der Waals surface area contributed by atoms with Gasteiger partial charge in [-0.2, -0.15) is 0 Å². The molecule has 198 valence electrons. The number of rotatable bonds is 2. The summed E-state index contributed by atoms with van der Waals surface area (Å²) in [6.07, 6.45) is 5.35. The van der Waals surface area contributed by atoms with E-state index in [2.05, 4.69) is 27.7 Å². The minimum absolute atomic E-state index is 0.0834. The molecule has 1 aliphatic heterocycles. The molecule has 0 aromatic heterocycles. The van der Waals surface area contributed by atoms with Crippen LogP contribution in [0.4, 0.5) is 0 Å². The Morgan fingerprint density at radius 3 is 2.20 bits per heavy atom. The zero-order valence-corrected chi connectivity index (χ0v) is 23.2. The Balaban J connectivity index is 1.52. The van der Waals surface area contributed by atoms with Crippen LogP contribution in [0.2, 0.25) is 0 Å². The van der Waals surface area contributed by atoms with E-state index in [0.717, 1.165) is 32.1 Å². The first kappa shape index (κ1) is 25.9. The third kappa shape index (κ3) is 3.22. The van der Waals surface area contributed by atoms with Gasteiger partial charge in [0.2, 0.25) is 0 Å². The first-order chi connectivity index (χ1) is 15.9. The fourth-order valence-electron chi connectivity index (χ4n) is 10.7. The van der Waals surface area contributed by atoms with Crippen molar-refractivity contribution in [2.75, 3.05) is 0 Å². The number of hydrogen-bond donors (Lipinski definition) is 2. The number of Topliss-reactive ketones (excluding diaryl/α,β-unsaturated/α-hetero) is 2. The summed E-state index contributed by atoms with van der Waals surface area (Å²) < 4.78 is 6.59. The van der Waals surface area contributed by atoms with Gasteiger partial charge in [0.05, 0.1) is 23.4 Å². The quantitative estimate of drug-likeness (QED) is 0.565. The monoisotopic (exact) mass is 488 g/mol. The summed E-state index contributed by atoms with van der Waals surface area (Å²) in [6, 6.07) is 0. The van der Waals surface area contributed by atoms with Crippen molar-refractivity contribution in [2.24, 2.45) is 45.3 Å². The van der Waals surface area contributed by atoms with E-state index in [1.54, 1.807) is 0 Å². The smallest absolute Gasteiger partial charge is 0.138 e. The molecule has 0 aromatic carbocycles. The van der Waals surface area contributed by atoms with E-state index in [4.69, 9.17) is 4.74 Å². The predicted molar refractivity (Wildman–Crippen MR) is 135 cm³/mol. The molecule has 5 fully saturated rings. The summed E-state index contributed by atoms with van der Waals surface area (Å²) >= 11 is 0. The third-order valence-corrected chi connectivity index (χ3v) is 12.7. The lowest BCUT2D eigenvalue weighted by Gasteiger charge is -2.69. The number of ketones is 2. The van der Waals surface area contributed by atoms with Crippen LogP contribution < -0.4 is 0 Å². The van der Waals surface area contributed by atoms with Crippen LogP contribution in [0.3, 0.4) is 0 Å². The molecule has 0 unspecified atom stereocenters. The van der Waals surface area contributed by atoms with E-state index < -0.39 is 22.7 Å². The molecule has 0 amide bonds. The number of carbonyl (C=O) groups is 2. The van der Waals surface area contributed by atoms with Gasteiger partial charge in [-0.1, -0.05) is 34.6 Å². The zero-order chi connectivity index (χ0) is 26.0. The van der Waals surface area contributed by atoms with E-state index >= 15 is 0 Å². The zero-order valence-electron chi connectivity index (χ0n) is 23.2. The molecule has 10 atom stereocenters. The van der Waals surface area contributed by atoms with Gasteiger partial charge < -0.3 is 14.9 Å². The van der Waals surface area contributed by atoms with E-state index in [1.165, 1.54) is 0 Å². The second kappa shape index (κ2) is 7.41. The number of aliphatic hydroxyl groups excluding tert-OH is 1. The van der Waals surface area contributed by atoms with Gasteiger partial charge in [0.25, 0.3) is 0 Å². The summed E-state index contributed by atoms with van der Waals surface area (Å²) in [7, 11) is 0. The molecule has 1 saturated heterocycles. The molecule has 5 rings (SSSR count). The van der Waals surface area contributed by atoms with Crippen LogP contribution in [0.5, 0.6) is 0 Å². The maximum Gasteiger partial charge on any atom is 0.138 e. The van der Waals surface area contributed by atoms with Gasteiger partial charge in [0.15, 0.2) is 0 Å². The summed E-state index contributed by atoms with van der Waals surface area (Å²) in [5.41, 5.74) is -2.49. The molecule has 4 saturated carbocycles. The van der Waals surface area contributed by atoms with Gasteiger partial charge in [-0.25, -0.2) is 0 Å². The Labute approximate surface area is 211 Å². The highest BCUT2D eigenvalue weighted by atomic mass is 16.5. The Bertz CT molecular complexity index is 934. The van der Waals surface area contributed by atoms with Crippen molar-refractivity contribution in [3.63, 3.8) is 0 Å². The SMILES string of the molecule is CC(C)(O)[C@H]1CC[C@@](C)([C@H]2CC[C@]3(C)[C@@H]2C(=O)C[C@@H]2[C@@]4(C)CCC(=O)C(C)(C)[C@H]4[C@@H](O)C[C@]23C)O1. The van der Waals surface area contributed by atoms with Gasteiger partial charge in [-0.3, -0.25) is 9.59 Å². The molecule has 0 radical (unpaired) electrons. The molecule has 1 heterocycles. The topological polar surface area (TPSA) is 83.8 Å². The minimum atomic E-state index is -0.893. The van der Waals surface area contributed by atoms with Gasteiger partial charge >= 0.3 is 0 Å². The summed E-state index contributed by atoms with van der Waals surface area (Å²) in [4.78, 5) is 27.1. The van der Waals surface area contributed by atoms with Crippen molar-refractivity contribution in [3.05, 3.63) is 0 Å². The lowest BCUT2D eigenvalue weighted by Crippen LogP contribution is -2.68. The lowest BCUT2D eigenvalue weighted by molar-refractivity contribution is -0.235. The lowest BCUT2D eigenvalue weighted by atomic mass is 9.35. The highest BCUT2D eigenvalue weighted by Crippen LogP contribution is 2.75. The van der Waals surface area contributed by atoms with E-state index in [0.29, 0.717) is 25.0 Å². The van der Waals surface area contributed by atoms with Crippen LogP contribution in [0.15, 0.2) is 0 Å². The van der Waals surface area contributed by atoms with Crippen molar-refractivity contribution >= 4 is 11.6 Å². The van der Waals surface area contributed by atoms with Crippen molar-refractivity contribution in [2.45, 2.75) is 130 Å². The van der Waals surface area contributed by atoms with E-state index in [9.17, 15) is 19.8 Å². The first-order valence-corrected chi connectivity index (χ1v) is 14.1. The number of carbonyl (C=O) groups excluding carboxylic acids is 2. The Hall–Kier alpha value is -0.780. The molecule has 35 heavy (non-hydrogen) atoms. The summed E-state index contributed by atoms with van der Waals surface area (Å²) in [5, 5.41) is 22.3. The molecule has 2 N–H and O–H groups in total. The van der Waals surface area contributed by atoms with Crippen LogP contribution in [-0.2, 0) is 14.3 Å². The third-order valence-electron chi connectivity index (χ3n) is 12.7. The molecular weight excluding hydrogens is 440 g/mol. The van der Waals surface area contributed by atoms with Crippen molar-refractivity contribution in [1.82, 2.24) is 0 Å². The molecular formula is C30H48O5. The van der Waals surface area contributed by atoms with Crippen LogP contribution in [0.1, 0.15) is 107 Å². The molecule has 0 spiro atoms. The predicted octanol–water partition coefficient (Wildman–Crippen LogP) is 5.10. The minimum Gasteiger partial charge on any atom is -0.393 e. The van der Waals surface area contributed by atoms with Crippen LogP contribution in [-0.4, -0.2) is 45.2 Å². The number of aliphatic hydroxyl groups is 2. The van der Waals surface area contributed by atoms with Crippen molar-refractivity contribution in [1.29, 1.82) is 0 Å². The maximum atomic E-state index is 14.2. The molecule has 4 aliphatic carbocycles. The second-order valence-electron chi connectivity index (χ2n) is 15.2. The maximum absolute atomic E-state index is 14.2. The average Bonchev–Trinajstić information content (AvgIpc) is 3.30. The van der Waals surface area contributed by atoms with Crippen LogP contribution >= 0.6 is 0 Å². The molecule has 5 aliphatic rings. The highest BCUT2D eigenvalue weighted by molar-refractivity contribution is 5.87. The van der Waals surface area contributed by atoms with Crippen LogP contribution in [0, 0.1) is 45.3 Å².